The standard InChI is InChI=1S/C23H17Cl3N2O2S/c1-12-7-15(8-13(2)21(12)26)30-11-20(29)28-22-16(9-14(24)10-17(22)25)23-27-18-5-3-4-6-19(18)31-23/h3-10H,11H2,1-2H3,(H,28,29). The SMILES string of the molecule is Cc1cc(OCC(=O)Nc2c(Cl)cc(Cl)cc2-c2nc3ccccc3s2)cc(C)c1Cl. The molecule has 8 heteroatoms. The monoisotopic (exact) mass is 490 g/mol. The van der Waals surface area contributed by atoms with Gasteiger partial charge in [-0.1, -0.05) is 46.9 Å². The van der Waals surface area contributed by atoms with Gasteiger partial charge in [-0.15, -0.1) is 11.3 Å². The molecule has 1 aromatic heterocycles. The highest BCUT2D eigenvalue weighted by Gasteiger charge is 2.17. The minimum absolute atomic E-state index is 0.182. The molecule has 0 bridgehead atoms. The van der Waals surface area contributed by atoms with E-state index in [4.69, 9.17) is 39.5 Å². The summed E-state index contributed by atoms with van der Waals surface area (Å²) >= 11 is 20.4. The van der Waals surface area contributed by atoms with Gasteiger partial charge in [0.2, 0.25) is 0 Å². The quantitative estimate of drug-likeness (QED) is 0.313. The first-order valence-electron chi connectivity index (χ1n) is 9.36. The summed E-state index contributed by atoms with van der Waals surface area (Å²) in [5.41, 5.74) is 3.74. The number of hydrogen-bond acceptors (Lipinski definition) is 4. The molecule has 3 aromatic carbocycles. The number of benzene rings is 3. The number of rotatable bonds is 5. The Kier molecular flexibility index (Phi) is 6.39. The molecule has 0 aliphatic rings. The van der Waals surface area contributed by atoms with E-state index >= 15 is 0 Å². The number of fused-ring (bicyclic) bond motifs is 1. The molecule has 0 saturated heterocycles. The van der Waals surface area contributed by atoms with Crippen LogP contribution in [0, 0.1) is 13.8 Å². The third-order valence-corrected chi connectivity index (χ3v) is 6.81. The lowest BCUT2D eigenvalue weighted by Gasteiger charge is -2.13. The van der Waals surface area contributed by atoms with Crippen LogP contribution in [0.1, 0.15) is 11.1 Å². The Bertz CT molecular complexity index is 1250. The van der Waals surface area contributed by atoms with Crippen LogP contribution >= 0.6 is 46.1 Å². The second-order valence-electron chi connectivity index (χ2n) is 7.00. The Morgan fingerprint density at radius 1 is 1.06 bits per heavy atom. The fourth-order valence-electron chi connectivity index (χ4n) is 3.17. The third-order valence-electron chi connectivity index (χ3n) is 4.62. The number of halogens is 3. The number of aryl methyl sites for hydroxylation is 2. The van der Waals surface area contributed by atoms with E-state index in [2.05, 4.69) is 10.3 Å². The lowest BCUT2D eigenvalue weighted by atomic mass is 10.1. The molecule has 0 spiro atoms. The highest BCUT2D eigenvalue weighted by atomic mass is 35.5. The molecule has 1 N–H and O–H groups in total. The summed E-state index contributed by atoms with van der Waals surface area (Å²) in [6.07, 6.45) is 0. The van der Waals surface area contributed by atoms with Crippen LogP contribution in [0.3, 0.4) is 0 Å². The zero-order valence-electron chi connectivity index (χ0n) is 16.6. The van der Waals surface area contributed by atoms with E-state index in [-0.39, 0.29) is 12.5 Å². The van der Waals surface area contributed by atoms with Gasteiger partial charge in [-0.25, -0.2) is 4.98 Å². The number of nitrogens with one attached hydrogen (secondary N) is 1. The van der Waals surface area contributed by atoms with Crippen molar-refractivity contribution in [2.45, 2.75) is 13.8 Å². The second-order valence-corrected chi connectivity index (χ2v) is 9.26. The highest BCUT2D eigenvalue weighted by molar-refractivity contribution is 7.21. The molecule has 1 heterocycles. The Labute approximate surface area is 198 Å². The molecule has 0 aliphatic carbocycles. The number of nitrogens with zero attached hydrogens (tertiary/aromatic N) is 1. The van der Waals surface area contributed by atoms with Crippen LogP contribution in [0.5, 0.6) is 5.75 Å². The number of para-hydroxylation sites is 1. The maximum atomic E-state index is 12.6. The average Bonchev–Trinajstić information content (AvgIpc) is 3.16. The van der Waals surface area contributed by atoms with E-state index in [9.17, 15) is 4.79 Å². The van der Waals surface area contributed by atoms with E-state index in [1.54, 1.807) is 24.3 Å². The second kappa shape index (κ2) is 9.05. The molecule has 0 radical (unpaired) electrons. The van der Waals surface area contributed by atoms with Crippen LogP contribution in [0.4, 0.5) is 5.69 Å². The Balaban J connectivity index is 1.58. The summed E-state index contributed by atoms with van der Waals surface area (Å²) in [5, 5.41) is 5.03. The van der Waals surface area contributed by atoms with Crippen LogP contribution in [-0.2, 0) is 4.79 Å². The van der Waals surface area contributed by atoms with Gasteiger partial charge in [0.25, 0.3) is 5.91 Å². The number of ether oxygens (including phenoxy) is 1. The van der Waals surface area contributed by atoms with Crippen molar-refractivity contribution in [3.8, 4) is 16.3 Å². The molecule has 0 saturated carbocycles. The van der Waals surface area contributed by atoms with Crippen molar-refractivity contribution >= 4 is 68.0 Å². The van der Waals surface area contributed by atoms with Crippen LogP contribution in [0.25, 0.3) is 20.8 Å². The number of hydrogen-bond donors (Lipinski definition) is 1. The molecule has 4 rings (SSSR count). The first kappa shape index (κ1) is 21.9. The third kappa shape index (κ3) is 4.80. The summed E-state index contributed by atoms with van der Waals surface area (Å²) in [6, 6.07) is 14.7. The maximum Gasteiger partial charge on any atom is 0.262 e. The Morgan fingerprint density at radius 3 is 2.48 bits per heavy atom. The maximum absolute atomic E-state index is 12.6. The fourth-order valence-corrected chi connectivity index (χ4v) is 4.81. The molecule has 0 atom stereocenters. The number of carbonyl (C=O) groups excluding carboxylic acids is 1. The predicted molar refractivity (Wildman–Crippen MR) is 130 cm³/mol. The van der Waals surface area contributed by atoms with Crippen molar-refractivity contribution in [3.05, 3.63) is 74.7 Å². The topological polar surface area (TPSA) is 51.2 Å². The molecular weight excluding hydrogens is 475 g/mol. The first-order valence-corrected chi connectivity index (χ1v) is 11.3. The lowest BCUT2D eigenvalue weighted by Crippen LogP contribution is -2.21. The minimum Gasteiger partial charge on any atom is -0.484 e. The summed E-state index contributed by atoms with van der Waals surface area (Å²) in [4.78, 5) is 17.3. The van der Waals surface area contributed by atoms with E-state index in [1.807, 2.05) is 38.1 Å². The van der Waals surface area contributed by atoms with Crippen LogP contribution in [0.2, 0.25) is 15.1 Å². The van der Waals surface area contributed by atoms with E-state index in [1.165, 1.54) is 11.3 Å². The van der Waals surface area contributed by atoms with Crippen molar-refractivity contribution in [3.63, 3.8) is 0 Å². The van der Waals surface area contributed by atoms with E-state index in [0.717, 1.165) is 21.3 Å². The Morgan fingerprint density at radius 2 is 1.77 bits per heavy atom. The minimum atomic E-state index is -0.350. The van der Waals surface area contributed by atoms with Gasteiger partial charge >= 0.3 is 0 Å². The van der Waals surface area contributed by atoms with Gasteiger partial charge in [0.1, 0.15) is 10.8 Å². The summed E-state index contributed by atoms with van der Waals surface area (Å²) in [6.45, 7) is 3.60. The van der Waals surface area contributed by atoms with Gasteiger partial charge in [-0.05, 0) is 61.4 Å². The van der Waals surface area contributed by atoms with Crippen molar-refractivity contribution < 1.29 is 9.53 Å². The van der Waals surface area contributed by atoms with Crippen LogP contribution < -0.4 is 10.1 Å². The molecule has 4 nitrogen and oxygen atoms in total. The molecule has 0 aliphatic heterocycles. The lowest BCUT2D eigenvalue weighted by molar-refractivity contribution is -0.118. The summed E-state index contributed by atoms with van der Waals surface area (Å²) < 4.78 is 6.69. The zero-order valence-corrected chi connectivity index (χ0v) is 19.7. The zero-order chi connectivity index (χ0) is 22.1. The van der Waals surface area contributed by atoms with Crippen molar-refractivity contribution in [2.75, 3.05) is 11.9 Å². The molecular formula is C23H17Cl3N2O2S. The van der Waals surface area contributed by atoms with Crippen molar-refractivity contribution in [2.24, 2.45) is 0 Å². The average molecular weight is 492 g/mol. The van der Waals surface area contributed by atoms with Crippen molar-refractivity contribution in [1.29, 1.82) is 0 Å². The molecule has 31 heavy (non-hydrogen) atoms. The molecule has 4 aromatic rings. The fraction of sp³-hybridized carbons (Fsp3) is 0.130. The van der Waals surface area contributed by atoms with Gasteiger partial charge < -0.3 is 10.1 Å². The molecule has 158 valence electrons. The van der Waals surface area contributed by atoms with Gasteiger partial charge in [0.15, 0.2) is 6.61 Å². The molecule has 1 amide bonds. The van der Waals surface area contributed by atoms with Crippen LogP contribution in [0.15, 0.2) is 48.5 Å². The Hall–Kier alpha value is -2.31. The van der Waals surface area contributed by atoms with E-state index < -0.39 is 0 Å². The number of amides is 1. The van der Waals surface area contributed by atoms with Gasteiger partial charge in [0, 0.05) is 15.6 Å². The number of carbonyl (C=O) groups is 1. The normalized spacial score (nSPS) is 11.0. The molecule has 0 unspecified atom stereocenters. The predicted octanol–water partition coefficient (Wildman–Crippen LogP) is 7.56. The smallest absolute Gasteiger partial charge is 0.262 e. The van der Waals surface area contributed by atoms with Gasteiger partial charge in [0.05, 0.1) is 20.9 Å². The number of anilines is 1. The van der Waals surface area contributed by atoms with Gasteiger partial charge in [-0.3, -0.25) is 4.79 Å². The first-order chi connectivity index (χ1) is 14.8. The summed E-state index contributed by atoms with van der Waals surface area (Å²) in [5.74, 6) is 0.222. The van der Waals surface area contributed by atoms with Crippen molar-refractivity contribution in [1.82, 2.24) is 4.98 Å². The highest BCUT2D eigenvalue weighted by Crippen LogP contribution is 2.40. The summed E-state index contributed by atoms with van der Waals surface area (Å²) in [7, 11) is 0. The van der Waals surface area contributed by atoms with Gasteiger partial charge in [-0.2, -0.15) is 0 Å². The number of thiazole rings is 1. The largest absolute Gasteiger partial charge is 0.484 e. The van der Waals surface area contributed by atoms with E-state index in [0.29, 0.717) is 37.1 Å². The van der Waals surface area contributed by atoms with Crippen LogP contribution in [-0.4, -0.2) is 17.5 Å². The molecule has 0 fully saturated rings. The number of aromatic nitrogens is 1.